The molecule has 3 aromatic rings. The van der Waals surface area contributed by atoms with Gasteiger partial charge in [-0.2, -0.15) is 8.99 Å². The Balaban J connectivity index is 1.33. The Morgan fingerprint density at radius 3 is 2.45 bits per heavy atom. The molecule has 174 valence electrons. The number of thioether (sulfide) groups is 1. The average molecular weight is 487 g/mol. The molecule has 0 bridgehead atoms. The summed E-state index contributed by atoms with van der Waals surface area (Å²) in [6.45, 7) is 5.37. The van der Waals surface area contributed by atoms with Crippen molar-refractivity contribution in [1.82, 2.24) is 29.4 Å². The molecule has 4 rings (SSSR count). The van der Waals surface area contributed by atoms with E-state index < -0.39 is 10.0 Å². The molecule has 2 aromatic carbocycles. The van der Waals surface area contributed by atoms with Gasteiger partial charge in [0.05, 0.1) is 17.2 Å². The maximum Gasteiger partial charge on any atom is 0.233 e. The predicted octanol–water partition coefficient (Wildman–Crippen LogP) is 2.05. The van der Waals surface area contributed by atoms with Gasteiger partial charge < -0.3 is 4.90 Å². The van der Waals surface area contributed by atoms with Crippen molar-refractivity contribution in [2.75, 3.05) is 31.9 Å². The first kappa shape index (κ1) is 23.4. The standard InChI is InChI=1S/C22H26N6O3S2/c1-17-7-6-10-20(18(17)2)28-22(23-24-25-28)32-15-21(29)26-11-13-27(14-12-26)33(30,31)16-19-8-4-3-5-9-19/h3-10H,11-16H2,1-2H3. The van der Waals surface area contributed by atoms with E-state index in [1.54, 1.807) is 21.7 Å². The van der Waals surface area contributed by atoms with E-state index in [-0.39, 0.29) is 17.4 Å². The van der Waals surface area contributed by atoms with Gasteiger partial charge in [0.15, 0.2) is 0 Å². The maximum absolute atomic E-state index is 12.8. The lowest BCUT2D eigenvalue weighted by Crippen LogP contribution is -2.51. The first-order valence-electron chi connectivity index (χ1n) is 10.6. The van der Waals surface area contributed by atoms with Crippen molar-refractivity contribution < 1.29 is 13.2 Å². The molecule has 1 aliphatic heterocycles. The van der Waals surface area contributed by atoms with Crippen LogP contribution in [0.4, 0.5) is 0 Å². The predicted molar refractivity (Wildman–Crippen MR) is 127 cm³/mol. The van der Waals surface area contributed by atoms with E-state index in [9.17, 15) is 13.2 Å². The summed E-state index contributed by atoms with van der Waals surface area (Å²) in [5.41, 5.74) is 3.85. The maximum atomic E-state index is 12.8. The van der Waals surface area contributed by atoms with Crippen molar-refractivity contribution in [2.45, 2.75) is 24.8 Å². The zero-order chi connectivity index (χ0) is 23.4. The number of hydrogen-bond donors (Lipinski definition) is 0. The molecule has 0 radical (unpaired) electrons. The molecule has 33 heavy (non-hydrogen) atoms. The van der Waals surface area contributed by atoms with Gasteiger partial charge in [-0.1, -0.05) is 54.2 Å². The van der Waals surface area contributed by atoms with Gasteiger partial charge >= 0.3 is 0 Å². The number of nitrogens with zero attached hydrogens (tertiary/aromatic N) is 6. The van der Waals surface area contributed by atoms with Crippen LogP contribution in [0.25, 0.3) is 5.69 Å². The van der Waals surface area contributed by atoms with E-state index in [1.165, 1.54) is 16.1 Å². The molecule has 0 unspecified atom stereocenters. The quantitative estimate of drug-likeness (QED) is 0.471. The highest BCUT2D eigenvalue weighted by Crippen LogP contribution is 2.23. The third-order valence-corrected chi connectivity index (χ3v) is 8.50. The second-order valence-corrected chi connectivity index (χ2v) is 10.8. The van der Waals surface area contributed by atoms with E-state index >= 15 is 0 Å². The number of piperazine rings is 1. The van der Waals surface area contributed by atoms with Gasteiger partial charge in [0.25, 0.3) is 0 Å². The average Bonchev–Trinajstić information content (AvgIpc) is 3.28. The van der Waals surface area contributed by atoms with Crippen LogP contribution in [-0.2, 0) is 20.6 Å². The number of sulfonamides is 1. The summed E-state index contributed by atoms with van der Waals surface area (Å²) >= 11 is 1.28. The van der Waals surface area contributed by atoms with Gasteiger partial charge in [-0.05, 0) is 47.0 Å². The Labute approximate surface area is 197 Å². The Morgan fingerprint density at radius 1 is 1.00 bits per heavy atom. The number of amides is 1. The fourth-order valence-corrected chi connectivity index (χ4v) is 6.00. The molecule has 0 atom stereocenters. The minimum atomic E-state index is -3.42. The summed E-state index contributed by atoms with van der Waals surface area (Å²) in [7, 11) is -3.42. The summed E-state index contributed by atoms with van der Waals surface area (Å²) < 4.78 is 28.6. The first-order chi connectivity index (χ1) is 15.8. The summed E-state index contributed by atoms with van der Waals surface area (Å²) in [5.74, 6) is 0.0938. The number of aromatic nitrogens is 4. The minimum absolute atomic E-state index is 0.0291. The lowest BCUT2D eigenvalue weighted by molar-refractivity contribution is -0.129. The Hall–Kier alpha value is -2.76. The molecule has 0 aliphatic carbocycles. The number of tetrazole rings is 1. The Kier molecular flexibility index (Phi) is 7.11. The van der Waals surface area contributed by atoms with Crippen LogP contribution in [0.5, 0.6) is 0 Å². The monoisotopic (exact) mass is 486 g/mol. The van der Waals surface area contributed by atoms with E-state index in [0.29, 0.717) is 31.3 Å². The highest BCUT2D eigenvalue weighted by molar-refractivity contribution is 7.99. The second kappa shape index (κ2) is 10.0. The third-order valence-electron chi connectivity index (χ3n) is 5.75. The SMILES string of the molecule is Cc1cccc(-n2nnnc2SCC(=O)N2CCN(S(=O)(=O)Cc3ccccc3)CC2)c1C. The fraction of sp³-hybridized carbons (Fsp3) is 0.364. The van der Waals surface area contributed by atoms with Gasteiger partial charge in [0.1, 0.15) is 0 Å². The Morgan fingerprint density at radius 2 is 1.73 bits per heavy atom. The van der Waals surface area contributed by atoms with Gasteiger partial charge in [-0.25, -0.2) is 8.42 Å². The van der Waals surface area contributed by atoms with Crippen LogP contribution in [0, 0.1) is 13.8 Å². The number of rotatable bonds is 7. The van der Waals surface area contributed by atoms with Crippen LogP contribution in [0.3, 0.4) is 0 Å². The van der Waals surface area contributed by atoms with Gasteiger partial charge in [0, 0.05) is 26.2 Å². The minimum Gasteiger partial charge on any atom is -0.339 e. The van der Waals surface area contributed by atoms with Crippen LogP contribution in [0.15, 0.2) is 53.7 Å². The van der Waals surface area contributed by atoms with Crippen LogP contribution in [-0.4, -0.2) is 75.7 Å². The fourth-order valence-electron chi connectivity index (χ4n) is 3.69. The van der Waals surface area contributed by atoms with Crippen LogP contribution in [0.2, 0.25) is 0 Å². The van der Waals surface area contributed by atoms with Crippen molar-refractivity contribution in [2.24, 2.45) is 0 Å². The lowest BCUT2D eigenvalue weighted by atomic mass is 10.1. The Bertz CT molecular complexity index is 1220. The topological polar surface area (TPSA) is 101 Å². The molecule has 0 saturated carbocycles. The van der Waals surface area contributed by atoms with Gasteiger partial charge in [0.2, 0.25) is 21.1 Å². The van der Waals surface area contributed by atoms with Crippen molar-refractivity contribution in [3.8, 4) is 5.69 Å². The van der Waals surface area contributed by atoms with Crippen LogP contribution >= 0.6 is 11.8 Å². The third kappa shape index (κ3) is 5.43. The molecular formula is C22H26N6O3S2. The van der Waals surface area contributed by atoms with E-state index in [1.807, 2.05) is 50.2 Å². The molecule has 1 fully saturated rings. The molecule has 0 N–H and O–H groups in total. The smallest absolute Gasteiger partial charge is 0.233 e. The molecule has 9 nitrogen and oxygen atoms in total. The summed E-state index contributed by atoms with van der Waals surface area (Å²) in [6, 6.07) is 15.1. The molecule has 2 heterocycles. The van der Waals surface area contributed by atoms with E-state index in [0.717, 1.165) is 22.4 Å². The number of hydrogen-bond acceptors (Lipinski definition) is 7. The highest BCUT2D eigenvalue weighted by Gasteiger charge is 2.29. The van der Waals surface area contributed by atoms with Crippen molar-refractivity contribution in [3.63, 3.8) is 0 Å². The van der Waals surface area contributed by atoms with Crippen molar-refractivity contribution in [3.05, 3.63) is 65.2 Å². The lowest BCUT2D eigenvalue weighted by Gasteiger charge is -2.34. The first-order valence-corrected chi connectivity index (χ1v) is 13.2. The van der Waals surface area contributed by atoms with Gasteiger partial charge in [-0.15, -0.1) is 5.10 Å². The van der Waals surface area contributed by atoms with Crippen molar-refractivity contribution in [1.29, 1.82) is 0 Å². The number of benzene rings is 2. The van der Waals surface area contributed by atoms with Crippen LogP contribution < -0.4 is 0 Å². The number of carbonyl (C=O) groups is 1. The normalized spacial score (nSPS) is 15.0. The molecule has 0 spiro atoms. The second-order valence-electron chi connectivity index (χ2n) is 7.90. The molecule has 1 amide bonds. The highest BCUT2D eigenvalue weighted by atomic mass is 32.2. The number of aryl methyl sites for hydroxylation is 1. The molecule has 1 aromatic heterocycles. The summed E-state index contributed by atoms with van der Waals surface area (Å²) in [4.78, 5) is 14.5. The molecule has 1 aliphatic rings. The summed E-state index contributed by atoms with van der Waals surface area (Å²) in [5, 5.41) is 12.5. The largest absolute Gasteiger partial charge is 0.339 e. The van der Waals surface area contributed by atoms with Gasteiger partial charge in [-0.3, -0.25) is 4.79 Å². The zero-order valence-corrected chi connectivity index (χ0v) is 20.2. The zero-order valence-electron chi connectivity index (χ0n) is 18.6. The van der Waals surface area contributed by atoms with Crippen LogP contribution in [0.1, 0.15) is 16.7 Å². The molecule has 1 saturated heterocycles. The van der Waals surface area contributed by atoms with E-state index in [4.69, 9.17) is 0 Å². The molecular weight excluding hydrogens is 460 g/mol. The van der Waals surface area contributed by atoms with Crippen molar-refractivity contribution >= 4 is 27.7 Å². The summed E-state index contributed by atoms with van der Waals surface area (Å²) in [6.07, 6.45) is 0. The number of carbonyl (C=O) groups excluding carboxylic acids is 1. The van der Waals surface area contributed by atoms with E-state index in [2.05, 4.69) is 15.5 Å². The molecule has 11 heteroatoms.